The molecule has 5 aromatic rings. The summed E-state index contributed by atoms with van der Waals surface area (Å²) in [6, 6.07) is 9.14. The highest BCUT2D eigenvalue weighted by Gasteiger charge is 2.21. The third-order valence-electron chi connectivity index (χ3n) is 5.52. The van der Waals surface area contributed by atoms with Crippen molar-refractivity contribution in [3.05, 3.63) is 72.2 Å². The number of nitrogen functional groups attached to an aromatic ring is 1. The summed E-state index contributed by atoms with van der Waals surface area (Å²) in [6.45, 7) is 3.75. The Morgan fingerprint density at radius 1 is 1.06 bits per heavy atom. The predicted octanol–water partition coefficient (Wildman–Crippen LogP) is 3.00. The van der Waals surface area contributed by atoms with Crippen LogP contribution >= 0.6 is 0 Å². The Hall–Kier alpha value is -4.93. The number of carbonyl (C=O) groups excluding carboxylic acids is 1. The van der Waals surface area contributed by atoms with Crippen molar-refractivity contribution in [3.63, 3.8) is 0 Å². The second kappa shape index (κ2) is 8.78. The minimum absolute atomic E-state index is 0.0514. The van der Waals surface area contributed by atoms with Crippen LogP contribution in [0.15, 0.2) is 55.1 Å². The normalized spacial score (nSPS) is 11.9. The van der Waals surface area contributed by atoms with Gasteiger partial charge in [0.05, 0.1) is 28.8 Å². The number of aromatic nitrogens is 7. The first kappa shape index (κ1) is 21.9. The molecule has 0 saturated heterocycles. The molecule has 11 nitrogen and oxygen atoms in total. The van der Waals surface area contributed by atoms with E-state index < -0.39 is 12.0 Å². The molecule has 4 heterocycles. The van der Waals surface area contributed by atoms with Crippen LogP contribution in [-0.4, -0.2) is 41.0 Å². The Morgan fingerprint density at radius 2 is 1.86 bits per heavy atom. The van der Waals surface area contributed by atoms with Crippen LogP contribution < -0.4 is 16.2 Å². The number of benzene rings is 1. The van der Waals surface area contributed by atoms with Crippen LogP contribution in [0.2, 0.25) is 0 Å². The Labute approximate surface area is 199 Å². The molecule has 0 spiro atoms. The average Bonchev–Trinajstić information content (AvgIpc) is 3.34. The molecule has 0 bridgehead atoms. The molecule has 5 rings (SSSR count). The molecule has 5 N–H and O–H groups in total. The quantitative estimate of drug-likeness (QED) is 0.339. The lowest BCUT2D eigenvalue weighted by Crippen LogP contribution is -2.17. The van der Waals surface area contributed by atoms with Crippen molar-refractivity contribution in [1.82, 2.24) is 35.1 Å². The predicted molar refractivity (Wildman–Crippen MR) is 129 cm³/mol. The van der Waals surface area contributed by atoms with Crippen molar-refractivity contribution in [2.45, 2.75) is 20.0 Å². The molecule has 0 aliphatic rings. The summed E-state index contributed by atoms with van der Waals surface area (Å²) < 4.78 is 5.84. The zero-order valence-electron chi connectivity index (χ0n) is 18.9. The lowest BCUT2D eigenvalue weighted by molar-refractivity contribution is 0.0996. The third kappa shape index (κ3) is 4.10. The second-order valence-corrected chi connectivity index (χ2v) is 7.86. The van der Waals surface area contributed by atoms with Gasteiger partial charge in [0.15, 0.2) is 17.6 Å². The molecule has 0 saturated carbocycles. The van der Waals surface area contributed by atoms with E-state index >= 15 is 0 Å². The Morgan fingerprint density at radius 3 is 2.63 bits per heavy atom. The summed E-state index contributed by atoms with van der Waals surface area (Å²) in [5.74, 6) is -0.253. The molecule has 4 aromatic heterocycles. The van der Waals surface area contributed by atoms with Gasteiger partial charge >= 0.3 is 6.01 Å². The number of ether oxygens (including phenoxy) is 1. The van der Waals surface area contributed by atoms with E-state index in [1.807, 2.05) is 19.1 Å². The van der Waals surface area contributed by atoms with Gasteiger partial charge in [-0.1, -0.05) is 6.07 Å². The Bertz CT molecular complexity index is 1550. The number of fused-ring (bicyclic) bond motifs is 1. The topological polar surface area (TPSA) is 171 Å². The molecule has 11 heteroatoms. The monoisotopic (exact) mass is 467 g/mol. The van der Waals surface area contributed by atoms with Crippen LogP contribution in [0, 0.1) is 6.92 Å². The lowest BCUT2D eigenvalue weighted by Gasteiger charge is -2.15. The standard InChI is InChI=1S/C24H21N9O2/c1-12-4-5-16-15(11-30-33-16)19(12)14-10-18(31-21(20(14)25)22(26)34)17-6-9-29-24(32-17)35-13(2)23-27-7-3-8-28-23/h3-11,13H,25H2,1-2H3,(H2,26,34)(H,30,33)/t13-/m1/s1. The highest BCUT2D eigenvalue weighted by molar-refractivity contribution is 6.05. The van der Waals surface area contributed by atoms with Crippen LogP contribution in [0.3, 0.4) is 0 Å². The molecule has 0 radical (unpaired) electrons. The highest BCUT2D eigenvalue weighted by atomic mass is 16.5. The van der Waals surface area contributed by atoms with Crippen LogP contribution in [0.1, 0.15) is 34.9 Å². The average molecular weight is 467 g/mol. The Kier molecular flexibility index (Phi) is 5.49. The molecule has 0 aliphatic heterocycles. The van der Waals surface area contributed by atoms with Crippen molar-refractivity contribution in [2.24, 2.45) is 5.73 Å². The molecule has 1 aromatic carbocycles. The fraction of sp³-hybridized carbons (Fsp3) is 0.125. The van der Waals surface area contributed by atoms with E-state index in [9.17, 15) is 4.79 Å². The number of hydrogen-bond acceptors (Lipinski definition) is 9. The molecule has 35 heavy (non-hydrogen) atoms. The number of anilines is 1. The maximum atomic E-state index is 12.2. The number of nitrogens with one attached hydrogen (secondary N) is 1. The maximum absolute atomic E-state index is 12.2. The van der Waals surface area contributed by atoms with Gasteiger partial charge in [0.2, 0.25) is 0 Å². The third-order valence-corrected chi connectivity index (χ3v) is 5.52. The molecule has 174 valence electrons. The number of nitrogens with zero attached hydrogens (tertiary/aromatic N) is 6. The number of H-pyrrole nitrogens is 1. The lowest BCUT2D eigenvalue weighted by atomic mass is 9.94. The molecule has 1 atom stereocenters. The smallest absolute Gasteiger partial charge is 0.317 e. The van der Waals surface area contributed by atoms with E-state index in [1.54, 1.807) is 49.9 Å². The van der Waals surface area contributed by atoms with E-state index in [0.29, 0.717) is 22.8 Å². The summed E-state index contributed by atoms with van der Waals surface area (Å²) >= 11 is 0. The van der Waals surface area contributed by atoms with Gasteiger partial charge in [0.1, 0.15) is 0 Å². The summed E-state index contributed by atoms with van der Waals surface area (Å²) in [4.78, 5) is 33.7. The minimum Gasteiger partial charge on any atom is -0.452 e. The SMILES string of the molecule is Cc1ccc2[nH]ncc2c1-c1cc(-c2ccnc(O[C@H](C)c3ncccn3)n2)nc(C(N)=O)c1N. The van der Waals surface area contributed by atoms with Gasteiger partial charge in [0, 0.05) is 29.5 Å². The number of pyridine rings is 1. The first-order valence-corrected chi connectivity index (χ1v) is 10.7. The first-order chi connectivity index (χ1) is 16.9. The number of carbonyl (C=O) groups is 1. The van der Waals surface area contributed by atoms with Crippen LogP contribution in [0.25, 0.3) is 33.4 Å². The fourth-order valence-corrected chi connectivity index (χ4v) is 3.84. The van der Waals surface area contributed by atoms with Gasteiger partial charge in [-0.05, 0) is 49.2 Å². The zero-order valence-corrected chi connectivity index (χ0v) is 18.9. The number of rotatable bonds is 6. The molecule has 0 fully saturated rings. The number of primary amides is 1. The molecule has 0 aliphatic carbocycles. The van der Waals surface area contributed by atoms with E-state index in [0.717, 1.165) is 22.0 Å². The van der Waals surface area contributed by atoms with E-state index in [4.69, 9.17) is 16.2 Å². The highest BCUT2D eigenvalue weighted by Crippen LogP contribution is 2.37. The summed E-state index contributed by atoms with van der Waals surface area (Å²) in [5, 5.41) is 7.95. The van der Waals surface area contributed by atoms with Gasteiger partial charge in [-0.15, -0.1) is 0 Å². The van der Waals surface area contributed by atoms with Crippen molar-refractivity contribution in [3.8, 4) is 28.5 Å². The van der Waals surface area contributed by atoms with Crippen molar-refractivity contribution >= 4 is 22.5 Å². The van der Waals surface area contributed by atoms with E-state index in [1.165, 1.54) is 0 Å². The van der Waals surface area contributed by atoms with Gasteiger partial charge < -0.3 is 16.2 Å². The second-order valence-electron chi connectivity index (χ2n) is 7.86. The summed E-state index contributed by atoms with van der Waals surface area (Å²) in [6.07, 6.45) is 6.04. The minimum atomic E-state index is -0.747. The molecular formula is C24H21N9O2. The molecule has 1 amide bonds. The van der Waals surface area contributed by atoms with Crippen LogP contribution in [0.5, 0.6) is 6.01 Å². The molecular weight excluding hydrogens is 446 g/mol. The van der Waals surface area contributed by atoms with Crippen molar-refractivity contribution in [1.29, 1.82) is 0 Å². The van der Waals surface area contributed by atoms with Gasteiger partial charge in [-0.3, -0.25) is 9.89 Å². The fourth-order valence-electron chi connectivity index (χ4n) is 3.84. The number of aryl methyl sites for hydroxylation is 1. The first-order valence-electron chi connectivity index (χ1n) is 10.7. The van der Waals surface area contributed by atoms with Crippen molar-refractivity contribution < 1.29 is 9.53 Å². The number of aromatic amines is 1. The van der Waals surface area contributed by atoms with Gasteiger partial charge in [-0.2, -0.15) is 10.1 Å². The van der Waals surface area contributed by atoms with E-state index in [-0.39, 0.29) is 17.4 Å². The summed E-state index contributed by atoms with van der Waals surface area (Å²) in [5.41, 5.74) is 16.2. The molecule has 0 unspecified atom stereocenters. The van der Waals surface area contributed by atoms with Crippen molar-refractivity contribution in [2.75, 3.05) is 5.73 Å². The largest absolute Gasteiger partial charge is 0.452 e. The number of amides is 1. The van der Waals surface area contributed by atoms with Crippen LogP contribution in [-0.2, 0) is 0 Å². The van der Waals surface area contributed by atoms with Crippen LogP contribution in [0.4, 0.5) is 5.69 Å². The Balaban J connectivity index is 1.62. The number of nitrogens with two attached hydrogens (primary N) is 2. The zero-order chi connectivity index (χ0) is 24.5. The van der Waals surface area contributed by atoms with E-state index in [2.05, 4.69) is 35.1 Å². The summed E-state index contributed by atoms with van der Waals surface area (Å²) in [7, 11) is 0. The maximum Gasteiger partial charge on any atom is 0.317 e. The van der Waals surface area contributed by atoms with Gasteiger partial charge in [0.25, 0.3) is 5.91 Å². The number of hydrogen-bond donors (Lipinski definition) is 3. The van der Waals surface area contributed by atoms with Gasteiger partial charge in [-0.25, -0.2) is 19.9 Å².